The number of aliphatic hydroxyl groups is 1. The van der Waals surface area contributed by atoms with Crippen LogP contribution in [0.15, 0.2) is 0 Å². The molecule has 0 saturated carbocycles. The lowest BCUT2D eigenvalue weighted by Gasteiger charge is -2.12. The van der Waals surface area contributed by atoms with Crippen LogP contribution in [0.5, 0.6) is 0 Å². The van der Waals surface area contributed by atoms with E-state index in [1.807, 2.05) is 0 Å². The highest BCUT2D eigenvalue weighted by molar-refractivity contribution is 4.62. The first-order valence-electron chi connectivity index (χ1n) is 2.76. The summed E-state index contributed by atoms with van der Waals surface area (Å²) in [6.45, 7) is 2.94. The molecule has 4 nitrogen and oxygen atoms in total. The maximum Gasteiger partial charge on any atom is 0.206 e. The summed E-state index contributed by atoms with van der Waals surface area (Å²) in [5.41, 5.74) is -0.910. The number of hydrogen-bond donors (Lipinski definition) is 1. The average molecular weight is 133 g/mol. The molecular formula is C5H11NO3. The Labute approximate surface area is 53.6 Å². The Morgan fingerprint density at radius 2 is 2.11 bits per heavy atom. The van der Waals surface area contributed by atoms with Crippen LogP contribution in [0.2, 0.25) is 0 Å². The monoisotopic (exact) mass is 133 g/mol. The molecule has 0 aromatic carbocycles. The van der Waals surface area contributed by atoms with Gasteiger partial charge in [0, 0.05) is 11.3 Å². The molecule has 0 radical (unpaired) electrons. The molecule has 0 bridgehead atoms. The maximum absolute atomic E-state index is 9.74. The van der Waals surface area contributed by atoms with Gasteiger partial charge in [-0.15, -0.1) is 0 Å². The summed E-state index contributed by atoms with van der Waals surface area (Å²) in [6.07, 6.45) is 0.208. The lowest BCUT2D eigenvalue weighted by molar-refractivity contribution is -0.483. The summed E-state index contributed by atoms with van der Waals surface area (Å²) in [7, 11) is 0. The summed E-state index contributed by atoms with van der Waals surface area (Å²) in [5.74, 6) is 0. The minimum Gasteiger partial charge on any atom is -0.390 e. The van der Waals surface area contributed by atoms with Crippen molar-refractivity contribution in [2.45, 2.75) is 25.9 Å². The van der Waals surface area contributed by atoms with Crippen molar-refractivity contribution in [3.05, 3.63) is 10.1 Å². The Balaban J connectivity index is 3.39. The molecule has 0 heterocycles. The Morgan fingerprint density at radius 1 is 1.67 bits per heavy atom. The van der Waals surface area contributed by atoms with Crippen LogP contribution in [-0.2, 0) is 0 Å². The molecule has 1 N–H and O–H groups in total. The second-order valence-electron chi connectivity index (χ2n) is 2.62. The van der Waals surface area contributed by atoms with Crippen LogP contribution in [0.3, 0.4) is 0 Å². The van der Waals surface area contributed by atoms with E-state index < -0.39 is 10.5 Å². The molecule has 0 fully saturated rings. The van der Waals surface area contributed by atoms with Gasteiger partial charge < -0.3 is 5.11 Å². The summed E-state index contributed by atoms with van der Waals surface area (Å²) in [5, 5.41) is 18.7. The Hall–Kier alpha value is -0.640. The fourth-order valence-electron chi connectivity index (χ4n) is 0.365. The van der Waals surface area contributed by atoms with Crippen LogP contribution in [0.4, 0.5) is 0 Å². The van der Waals surface area contributed by atoms with Gasteiger partial charge >= 0.3 is 0 Å². The third kappa shape index (κ3) is 7.36. The molecule has 9 heavy (non-hydrogen) atoms. The SMILES string of the molecule is CC(C)(O)CC[N+](=O)[O-]. The van der Waals surface area contributed by atoms with Crippen molar-refractivity contribution in [2.75, 3.05) is 6.54 Å². The van der Waals surface area contributed by atoms with E-state index >= 15 is 0 Å². The Morgan fingerprint density at radius 3 is 2.22 bits per heavy atom. The minimum absolute atomic E-state index is 0.163. The molecule has 0 atom stereocenters. The quantitative estimate of drug-likeness (QED) is 0.448. The Bertz CT molecular complexity index is 105. The van der Waals surface area contributed by atoms with Crippen molar-refractivity contribution in [3.63, 3.8) is 0 Å². The first-order valence-corrected chi connectivity index (χ1v) is 2.76. The predicted molar refractivity (Wildman–Crippen MR) is 32.8 cm³/mol. The van der Waals surface area contributed by atoms with E-state index in [9.17, 15) is 10.1 Å². The maximum atomic E-state index is 9.74. The number of rotatable bonds is 3. The van der Waals surface area contributed by atoms with Gasteiger partial charge in [-0.25, -0.2) is 0 Å². The van der Waals surface area contributed by atoms with Crippen LogP contribution >= 0.6 is 0 Å². The fourth-order valence-corrected chi connectivity index (χ4v) is 0.365. The highest BCUT2D eigenvalue weighted by Crippen LogP contribution is 2.05. The van der Waals surface area contributed by atoms with Gasteiger partial charge in [-0.1, -0.05) is 0 Å². The van der Waals surface area contributed by atoms with E-state index in [1.165, 1.54) is 0 Å². The zero-order chi connectivity index (χ0) is 7.49. The van der Waals surface area contributed by atoms with Crippen LogP contribution in [-0.4, -0.2) is 22.2 Å². The van der Waals surface area contributed by atoms with Gasteiger partial charge in [0.2, 0.25) is 6.54 Å². The fraction of sp³-hybridized carbons (Fsp3) is 1.00. The summed E-state index contributed by atoms with van der Waals surface area (Å²) in [6, 6.07) is 0. The molecule has 0 aromatic rings. The van der Waals surface area contributed by atoms with Gasteiger partial charge in [-0.2, -0.15) is 0 Å². The van der Waals surface area contributed by atoms with Crippen molar-refractivity contribution < 1.29 is 10.0 Å². The molecule has 0 spiro atoms. The van der Waals surface area contributed by atoms with E-state index in [2.05, 4.69) is 0 Å². The van der Waals surface area contributed by atoms with E-state index in [1.54, 1.807) is 13.8 Å². The first-order chi connectivity index (χ1) is 3.92. The highest BCUT2D eigenvalue weighted by atomic mass is 16.6. The largest absolute Gasteiger partial charge is 0.390 e. The highest BCUT2D eigenvalue weighted by Gasteiger charge is 2.15. The second kappa shape index (κ2) is 2.77. The van der Waals surface area contributed by atoms with Gasteiger partial charge in [0.15, 0.2) is 0 Å². The van der Waals surface area contributed by atoms with E-state index in [0.29, 0.717) is 0 Å². The third-order valence-corrected chi connectivity index (χ3v) is 0.906. The summed E-state index contributed by atoms with van der Waals surface area (Å²) in [4.78, 5) is 9.31. The third-order valence-electron chi connectivity index (χ3n) is 0.906. The van der Waals surface area contributed by atoms with Gasteiger partial charge in [-0.05, 0) is 13.8 Å². The lowest BCUT2D eigenvalue weighted by atomic mass is 10.1. The molecular weight excluding hydrogens is 122 g/mol. The van der Waals surface area contributed by atoms with Crippen LogP contribution in [0.1, 0.15) is 20.3 Å². The topological polar surface area (TPSA) is 63.4 Å². The molecule has 0 aliphatic rings. The standard InChI is InChI=1S/C5H11NO3/c1-5(2,7)3-4-6(8)9/h7H,3-4H2,1-2H3. The van der Waals surface area contributed by atoms with E-state index in [4.69, 9.17) is 5.11 Å². The molecule has 0 aliphatic heterocycles. The van der Waals surface area contributed by atoms with E-state index in [0.717, 1.165) is 0 Å². The first kappa shape index (κ1) is 8.36. The van der Waals surface area contributed by atoms with Crippen LogP contribution in [0.25, 0.3) is 0 Å². The number of hydrogen-bond acceptors (Lipinski definition) is 3. The zero-order valence-corrected chi connectivity index (χ0v) is 5.63. The van der Waals surface area contributed by atoms with Gasteiger partial charge in [0.05, 0.1) is 5.60 Å². The number of nitro groups is 1. The van der Waals surface area contributed by atoms with Crippen LogP contribution < -0.4 is 0 Å². The van der Waals surface area contributed by atoms with Crippen molar-refractivity contribution in [1.82, 2.24) is 0 Å². The van der Waals surface area contributed by atoms with E-state index in [-0.39, 0.29) is 13.0 Å². The predicted octanol–water partition coefficient (Wildman–Crippen LogP) is 0.424. The van der Waals surface area contributed by atoms with Crippen molar-refractivity contribution >= 4 is 0 Å². The molecule has 0 saturated heterocycles. The lowest BCUT2D eigenvalue weighted by Crippen LogP contribution is -2.22. The van der Waals surface area contributed by atoms with Crippen molar-refractivity contribution in [1.29, 1.82) is 0 Å². The second-order valence-corrected chi connectivity index (χ2v) is 2.62. The Kier molecular flexibility index (Phi) is 2.58. The number of nitrogens with zero attached hydrogens (tertiary/aromatic N) is 1. The molecule has 0 rings (SSSR count). The smallest absolute Gasteiger partial charge is 0.206 e. The molecule has 54 valence electrons. The van der Waals surface area contributed by atoms with Crippen molar-refractivity contribution in [3.8, 4) is 0 Å². The average Bonchev–Trinajstić information content (AvgIpc) is 1.59. The molecule has 0 unspecified atom stereocenters. The summed E-state index contributed by atoms with van der Waals surface area (Å²) >= 11 is 0. The minimum atomic E-state index is -0.910. The van der Waals surface area contributed by atoms with Gasteiger partial charge in [-0.3, -0.25) is 10.1 Å². The molecule has 0 amide bonds. The normalized spacial score (nSPS) is 11.4. The van der Waals surface area contributed by atoms with Gasteiger partial charge in [0.25, 0.3) is 0 Å². The zero-order valence-electron chi connectivity index (χ0n) is 5.63. The van der Waals surface area contributed by atoms with Gasteiger partial charge in [0.1, 0.15) is 0 Å². The molecule has 0 aromatic heterocycles. The summed E-state index contributed by atoms with van der Waals surface area (Å²) < 4.78 is 0. The van der Waals surface area contributed by atoms with Crippen LogP contribution in [0, 0.1) is 10.1 Å². The molecule has 0 aliphatic carbocycles. The van der Waals surface area contributed by atoms with Crippen molar-refractivity contribution in [2.24, 2.45) is 0 Å². The molecule has 4 heteroatoms.